The number of aromatic nitrogens is 2. The van der Waals surface area contributed by atoms with Crippen LogP contribution in [0.4, 0.5) is 15.9 Å². The Balaban J connectivity index is 1.31. The molecule has 1 saturated heterocycles. The lowest BCUT2D eigenvalue weighted by molar-refractivity contribution is 0.231. The molecule has 9 heteroatoms. The molecule has 4 atom stereocenters. The van der Waals surface area contributed by atoms with Crippen molar-refractivity contribution < 1.29 is 13.9 Å². The molecule has 3 aromatic rings. The van der Waals surface area contributed by atoms with Crippen molar-refractivity contribution in [2.75, 3.05) is 30.9 Å². The monoisotopic (exact) mass is 518 g/mol. The standard InChI is InChI=1S/C26H29Cl2FN4O2/c1-13(2)25-16-7-14(6-15(16)10-33(25)20-5-4-18(27)23(28)24(20)29)11-35-22-9-19-17(8-21(22)34-3)26(30)32-12-31-19/h4-5,8-9,12-16,25H,6-7,10-11H2,1-3H3,(H2,30,31,32)/t14-,15+,16-,25-/m1/s1. The molecule has 1 aliphatic heterocycles. The summed E-state index contributed by atoms with van der Waals surface area (Å²) in [6.07, 6.45) is 3.50. The highest BCUT2D eigenvalue weighted by Crippen LogP contribution is 2.50. The molecule has 2 fully saturated rings. The van der Waals surface area contributed by atoms with E-state index in [1.807, 2.05) is 12.1 Å². The summed E-state index contributed by atoms with van der Waals surface area (Å²) in [4.78, 5) is 10.6. The van der Waals surface area contributed by atoms with Crippen molar-refractivity contribution in [2.24, 2.45) is 23.7 Å². The number of hydrogen-bond donors (Lipinski definition) is 1. The maximum Gasteiger partial charge on any atom is 0.166 e. The zero-order chi connectivity index (χ0) is 24.9. The Morgan fingerprint density at radius 2 is 1.97 bits per heavy atom. The summed E-state index contributed by atoms with van der Waals surface area (Å²) < 4.78 is 26.8. The van der Waals surface area contributed by atoms with E-state index in [1.54, 1.807) is 19.2 Å². The summed E-state index contributed by atoms with van der Waals surface area (Å²) >= 11 is 12.2. The van der Waals surface area contributed by atoms with E-state index in [-0.39, 0.29) is 16.1 Å². The smallest absolute Gasteiger partial charge is 0.166 e. The van der Waals surface area contributed by atoms with E-state index < -0.39 is 5.82 Å². The summed E-state index contributed by atoms with van der Waals surface area (Å²) in [5.74, 6) is 2.93. The van der Waals surface area contributed by atoms with Gasteiger partial charge >= 0.3 is 0 Å². The van der Waals surface area contributed by atoms with E-state index in [0.717, 1.165) is 30.3 Å². The van der Waals surface area contributed by atoms with Crippen LogP contribution in [0.1, 0.15) is 26.7 Å². The molecule has 2 heterocycles. The maximum absolute atomic E-state index is 15.0. The van der Waals surface area contributed by atoms with Crippen LogP contribution in [-0.2, 0) is 0 Å². The van der Waals surface area contributed by atoms with Gasteiger partial charge in [-0.15, -0.1) is 0 Å². The van der Waals surface area contributed by atoms with Crippen molar-refractivity contribution in [1.82, 2.24) is 9.97 Å². The van der Waals surface area contributed by atoms with Crippen LogP contribution in [0.3, 0.4) is 0 Å². The number of nitrogen functional groups attached to an aromatic ring is 1. The third kappa shape index (κ3) is 4.33. The summed E-state index contributed by atoms with van der Waals surface area (Å²) in [7, 11) is 1.61. The van der Waals surface area contributed by atoms with Crippen LogP contribution in [0.2, 0.25) is 10.0 Å². The first-order valence-corrected chi connectivity index (χ1v) is 12.6. The Bertz CT molecular complexity index is 1260. The average molecular weight is 519 g/mol. The quantitative estimate of drug-likeness (QED) is 0.389. The van der Waals surface area contributed by atoms with E-state index in [9.17, 15) is 0 Å². The molecule has 2 aliphatic rings. The van der Waals surface area contributed by atoms with E-state index in [0.29, 0.717) is 53.3 Å². The molecule has 1 aliphatic carbocycles. The molecule has 0 radical (unpaired) electrons. The lowest BCUT2D eigenvalue weighted by atomic mass is 9.87. The molecule has 186 valence electrons. The molecule has 0 unspecified atom stereocenters. The van der Waals surface area contributed by atoms with Gasteiger partial charge in [-0.3, -0.25) is 0 Å². The molecule has 5 rings (SSSR count). The molecule has 0 amide bonds. The highest BCUT2D eigenvalue weighted by molar-refractivity contribution is 6.42. The first-order chi connectivity index (χ1) is 16.8. The Labute approximate surface area is 214 Å². The number of nitrogens with two attached hydrogens (primary N) is 1. The van der Waals surface area contributed by atoms with Gasteiger partial charge in [0, 0.05) is 24.0 Å². The second-order valence-electron chi connectivity index (χ2n) is 9.93. The fraction of sp³-hybridized carbons (Fsp3) is 0.462. The van der Waals surface area contributed by atoms with Gasteiger partial charge in [0.1, 0.15) is 12.1 Å². The molecular weight excluding hydrogens is 490 g/mol. The molecule has 2 N–H and O–H groups in total. The van der Waals surface area contributed by atoms with Crippen LogP contribution in [0.15, 0.2) is 30.6 Å². The van der Waals surface area contributed by atoms with Crippen LogP contribution >= 0.6 is 23.2 Å². The SMILES string of the molecule is COc1cc2c(N)ncnc2cc1OC[C@@H]1C[C@H]2CN(c3ccc(Cl)c(Cl)c3F)[C@H](C(C)C)[C@@H]2C1. The predicted octanol–water partition coefficient (Wildman–Crippen LogP) is 6.23. The van der Waals surface area contributed by atoms with Gasteiger partial charge in [0.2, 0.25) is 0 Å². The summed E-state index contributed by atoms with van der Waals surface area (Å²) in [6, 6.07) is 7.34. The van der Waals surface area contributed by atoms with Crippen molar-refractivity contribution in [1.29, 1.82) is 0 Å². The van der Waals surface area contributed by atoms with Gasteiger partial charge < -0.3 is 20.1 Å². The number of benzene rings is 2. The number of rotatable bonds is 6. The van der Waals surface area contributed by atoms with Crippen molar-refractivity contribution >= 4 is 45.6 Å². The minimum absolute atomic E-state index is 0.00799. The van der Waals surface area contributed by atoms with Gasteiger partial charge in [-0.05, 0) is 54.7 Å². The zero-order valence-corrected chi connectivity index (χ0v) is 21.5. The van der Waals surface area contributed by atoms with Crippen molar-refractivity contribution in [3.05, 3.63) is 46.5 Å². The van der Waals surface area contributed by atoms with E-state index in [4.69, 9.17) is 38.4 Å². The van der Waals surface area contributed by atoms with Crippen LogP contribution in [0.5, 0.6) is 11.5 Å². The summed E-state index contributed by atoms with van der Waals surface area (Å²) in [5.41, 5.74) is 7.24. The Morgan fingerprint density at radius 1 is 1.17 bits per heavy atom. The first kappa shape index (κ1) is 24.2. The van der Waals surface area contributed by atoms with E-state index in [1.165, 1.54) is 6.33 Å². The van der Waals surface area contributed by atoms with Crippen LogP contribution in [-0.4, -0.2) is 36.3 Å². The molecule has 1 aromatic heterocycles. The molecular formula is C26H29Cl2FN4O2. The number of nitrogens with zero attached hydrogens (tertiary/aromatic N) is 3. The number of hydrogen-bond acceptors (Lipinski definition) is 6. The van der Waals surface area contributed by atoms with Gasteiger partial charge in [0.05, 0.1) is 35.0 Å². The predicted molar refractivity (Wildman–Crippen MR) is 138 cm³/mol. The Kier molecular flexibility index (Phi) is 6.57. The molecule has 0 spiro atoms. The Morgan fingerprint density at radius 3 is 2.71 bits per heavy atom. The Hall–Kier alpha value is -2.51. The highest BCUT2D eigenvalue weighted by atomic mass is 35.5. The molecule has 6 nitrogen and oxygen atoms in total. The highest BCUT2D eigenvalue weighted by Gasteiger charge is 2.49. The van der Waals surface area contributed by atoms with Crippen LogP contribution in [0.25, 0.3) is 10.9 Å². The van der Waals surface area contributed by atoms with Gasteiger partial charge in [-0.1, -0.05) is 37.0 Å². The largest absolute Gasteiger partial charge is 0.493 e. The molecule has 0 bridgehead atoms. The van der Waals surface area contributed by atoms with Gasteiger partial charge in [0.15, 0.2) is 17.3 Å². The summed E-state index contributed by atoms with van der Waals surface area (Å²) in [6.45, 7) is 5.79. The second-order valence-corrected chi connectivity index (χ2v) is 10.7. The van der Waals surface area contributed by atoms with Crippen molar-refractivity contribution in [3.8, 4) is 11.5 Å². The first-order valence-electron chi connectivity index (χ1n) is 11.9. The van der Waals surface area contributed by atoms with Crippen molar-refractivity contribution in [3.63, 3.8) is 0 Å². The fourth-order valence-electron chi connectivity index (χ4n) is 6.06. The molecule has 35 heavy (non-hydrogen) atoms. The number of anilines is 2. The second kappa shape index (κ2) is 9.51. The third-order valence-electron chi connectivity index (χ3n) is 7.51. The van der Waals surface area contributed by atoms with Gasteiger partial charge in [-0.2, -0.15) is 0 Å². The van der Waals surface area contributed by atoms with Crippen LogP contribution in [0, 0.1) is 29.5 Å². The maximum atomic E-state index is 15.0. The normalized spacial score (nSPS) is 23.8. The number of halogens is 3. The van der Waals surface area contributed by atoms with Crippen LogP contribution < -0.4 is 20.1 Å². The number of methoxy groups -OCH3 is 1. The van der Waals surface area contributed by atoms with Gasteiger partial charge in [0.25, 0.3) is 0 Å². The average Bonchev–Trinajstić information content (AvgIpc) is 3.38. The fourth-order valence-corrected chi connectivity index (χ4v) is 6.37. The lowest BCUT2D eigenvalue weighted by Crippen LogP contribution is -2.38. The number of ether oxygens (including phenoxy) is 2. The van der Waals surface area contributed by atoms with Gasteiger partial charge in [-0.25, -0.2) is 14.4 Å². The topological polar surface area (TPSA) is 73.5 Å². The zero-order valence-electron chi connectivity index (χ0n) is 20.0. The van der Waals surface area contributed by atoms with Crippen molar-refractivity contribution in [2.45, 2.75) is 32.7 Å². The third-order valence-corrected chi connectivity index (χ3v) is 8.29. The minimum Gasteiger partial charge on any atom is -0.493 e. The minimum atomic E-state index is -0.433. The lowest BCUT2D eigenvalue weighted by Gasteiger charge is -2.34. The summed E-state index contributed by atoms with van der Waals surface area (Å²) in [5, 5.41) is 0.969. The van der Waals surface area contributed by atoms with E-state index in [2.05, 4.69) is 28.7 Å². The molecule has 2 aromatic carbocycles. The molecule has 1 saturated carbocycles. The number of fused-ring (bicyclic) bond motifs is 2. The van der Waals surface area contributed by atoms with E-state index >= 15 is 4.39 Å².